The van der Waals surface area contributed by atoms with Crippen molar-refractivity contribution in [2.45, 2.75) is 18.3 Å². The van der Waals surface area contributed by atoms with E-state index in [-0.39, 0.29) is 10.8 Å². The van der Waals surface area contributed by atoms with E-state index in [0.717, 1.165) is 11.8 Å². The second-order valence-corrected chi connectivity index (χ2v) is 6.31. The number of hydrogen-bond acceptors (Lipinski definition) is 9. The lowest BCUT2D eigenvalue weighted by molar-refractivity contribution is -0.138. The maximum absolute atomic E-state index is 12.3. The third-order valence-corrected chi connectivity index (χ3v) is 4.61. The number of anilines is 1. The highest BCUT2D eigenvalue weighted by atomic mass is 32.2. The number of carboxylic acids is 1. The summed E-state index contributed by atoms with van der Waals surface area (Å²) < 4.78 is 0. The van der Waals surface area contributed by atoms with Crippen LogP contribution in [-0.2, 0) is 14.4 Å². The van der Waals surface area contributed by atoms with Crippen LogP contribution in [-0.4, -0.2) is 66.6 Å². The maximum atomic E-state index is 12.3. The molecule has 2 aliphatic heterocycles. The Balaban J connectivity index is 1.77. The first-order chi connectivity index (χ1) is 11.8. The summed E-state index contributed by atoms with van der Waals surface area (Å²) in [5.41, 5.74) is 5.59. The van der Waals surface area contributed by atoms with Gasteiger partial charge in [0.2, 0.25) is 0 Å². The first-order valence-corrected chi connectivity index (χ1v) is 7.94. The number of primary amides is 1. The van der Waals surface area contributed by atoms with E-state index in [1.807, 2.05) is 0 Å². The van der Waals surface area contributed by atoms with Gasteiger partial charge in [0.1, 0.15) is 23.8 Å². The van der Waals surface area contributed by atoms with Crippen LogP contribution >= 0.6 is 11.8 Å². The fourth-order valence-electron chi connectivity index (χ4n) is 2.29. The van der Waals surface area contributed by atoms with Crippen LogP contribution in [0.25, 0.3) is 0 Å². The minimum atomic E-state index is -1.12. The van der Waals surface area contributed by atoms with Gasteiger partial charge in [0.15, 0.2) is 10.8 Å². The van der Waals surface area contributed by atoms with Crippen LogP contribution in [0, 0.1) is 6.92 Å². The minimum Gasteiger partial charge on any atom is -0.480 e. The van der Waals surface area contributed by atoms with Crippen molar-refractivity contribution in [3.8, 4) is 0 Å². The zero-order valence-corrected chi connectivity index (χ0v) is 13.7. The maximum Gasteiger partial charge on any atom is 0.324 e. The minimum absolute atomic E-state index is 0.0692. The van der Waals surface area contributed by atoms with E-state index < -0.39 is 35.7 Å². The Morgan fingerprint density at radius 1 is 1.36 bits per heavy atom. The van der Waals surface area contributed by atoms with E-state index in [0.29, 0.717) is 11.5 Å². The van der Waals surface area contributed by atoms with E-state index in [2.05, 4.69) is 25.4 Å². The van der Waals surface area contributed by atoms with Crippen molar-refractivity contribution in [3.63, 3.8) is 0 Å². The molecular formula is C13H13N7O4S. The molecule has 0 aliphatic carbocycles. The monoisotopic (exact) mass is 363 g/mol. The fourth-order valence-corrected chi connectivity index (χ4v) is 3.41. The zero-order valence-electron chi connectivity index (χ0n) is 12.9. The molecule has 4 N–H and O–H groups in total. The number of hydrogen-bond donors (Lipinski definition) is 3. The van der Waals surface area contributed by atoms with Gasteiger partial charge in [-0.05, 0) is 6.92 Å². The third-order valence-electron chi connectivity index (χ3n) is 3.35. The zero-order chi connectivity index (χ0) is 18.1. The number of carboxylic acid groups (broad SMARTS) is 1. The second-order valence-electron chi connectivity index (χ2n) is 5.20. The first-order valence-electron chi connectivity index (χ1n) is 7.06. The molecule has 0 aromatic carbocycles. The number of rotatable bonds is 5. The van der Waals surface area contributed by atoms with Gasteiger partial charge in [0.25, 0.3) is 11.8 Å². The van der Waals surface area contributed by atoms with E-state index in [1.165, 1.54) is 17.4 Å². The SMILES string of the molecule is Cc1ncc(NC(=O)C2=NC3C(C(N)=O)=NN(CC(=O)O)C3S2)cn1. The number of nitrogens with zero attached hydrogens (tertiary/aromatic N) is 5. The highest BCUT2D eigenvalue weighted by Gasteiger charge is 2.46. The van der Waals surface area contributed by atoms with Crippen LogP contribution in [0.4, 0.5) is 5.69 Å². The molecule has 1 aromatic heterocycles. The summed E-state index contributed by atoms with van der Waals surface area (Å²) in [5, 5.41) is 16.1. The lowest BCUT2D eigenvalue weighted by atomic mass is 10.2. The number of aliphatic carboxylic acids is 1. The number of amides is 2. The van der Waals surface area contributed by atoms with Gasteiger partial charge in [-0.25, -0.2) is 9.97 Å². The molecule has 3 heterocycles. The van der Waals surface area contributed by atoms with Crippen molar-refractivity contribution < 1.29 is 19.5 Å². The largest absolute Gasteiger partial charge is 0.480 e. The van der Waals surface area contributed by atoms with Gasteiger partial charge in [-0.3, -0.25) is 24.4 Å². The van der Waals surface area contributed by atoms with Crippen molar-refractivity contribution in [1.82, 2.24) is 15.0 Å². The number of thioether (sulfide) groups is 1. The highest BCUT2D eigenvalue weighted by Crippen LogP contribution is 2.35. The number of hydrazone groups is 1. The van der Waals surface area contributed by atoms with E-state index in [1.54, 1.807) is 6.92 Å². The molecule has 0 bridgehead atoms. The van der Waals surface area contributed by atoms with Crippen molar-refractivity contribution in [3.05, 3.63) is 18.2 Å². The van der Waals surface area contributed by atoms with Crippen molar-refractivity contribution in [1.29, 1.82) is 0 Å². The Morgan fingerprint density at radius 3 is 2.64 bits per heavy atom. The summed E-state index contributed by atoms with van der Waals surface area (Å²) in [5.74, 6) is -1.87. The second kappa shape index (κ2) is 6.47. The Kier molecular flexibility index (Phi) is 4.35. The molecule has 25 heavy (non-hydrogen) atoms. The Hall–Kier alpha value is -3.02. The summed E-state index contributed by atoms with van der Waals surface area (Å²) in [6.45, 7) is 1.28. The van der Waals surface area contributed by atoms with E-state index in [9.17, 15) is 14.4 Å². The van der Waals surface area contributed by atoms with Gasteiger partial charge in [-0.2, -0.15) is 5.10 Å². The van der Waals surface area contributed by atoms with Crippen molar-refractivity contribution in [2.75, 3.05) is 11.9 Å². The molecule has 0 radical (unpaired) electrons. The molecule has 3 rings (SSSR count). The number of fused-ring (bicyclic) bond motifs is 1. The number of nitrogens with one attached hydrogen (secondary N) is 1. The van der Waals surface area contributed by atoms with Gasteiger partial charge in [0, 0.05) is 0 Å². The lowest BCUT2D eigenvalue weighted by Crippen LogP contribution is -2.36. The molecule has 1 aromatic rings. The number of nitrogens with two attached hydrogens (primary N) is 1. The normalized spacial score (nSPS) is 21.4. The Labute approximate surface area is 145 Å². The number of aromatic nitrogens is 2. The number of aliphatic imine (C=N–C) groups is 1. The summed E-state index contributed by atoms with van der Waals surface area (Å²) in [6, 6.07) is -0.781. The van der Waals surface area contributed by atoms with Crippen molar-refractivity contribution in [2.24, 2.45) is 15.8 Å². The summed E-state index contributed by atoms with van der Waals surface area (Å²) in [7, 11) is 0. The third kappa shape index (κ3) is 3.42. The van der Waals surface area contributed by atoms with Crippen molar-refractivity contribution >= 4 is 46.0 Å². The first kappa shape index (κ1) is 16.8. The molecule has 2 aliphatic rings. The lowest BCUT2D eigenvalue weighted by Gasteiger charge is -2.19. The Bertz CT molecular complexity index is 807. The quantitative estimate of drug-likeness (QED) is 0.587. The molecule has 2 unspecified atom stereocenters. The van der Waals surface area contributed by atoms with Crippen LogP contribution in [0.1, 0.15) is 5.82 Å². The predicted octanol–water partition coefficient (Wildman–Crippen LogP) is -1.19. The molecule has 0 spiro atoms. The molecule has 0 fully saturated rings. The van der Waals surface area contributed by atoms with Crippen LogP contribution < -0.4 is 11.1 Å². The summed E-state index contributed by atoms with van der Waals surface area (Å²) in [6.07, 6.45) is 2.91. The van der Waals surface area contributed by atoms with Gasteiger partial charge in [-0.1, -0.05) is 11.8 Å². The molecule has 2 atom stereocenters. The smallest absolute Gasteiger partial charge is 0.324 e. The summed E-state index contributed by atoms with van der Waals surface area (Å²) >= 11 is 1.02. The van der Waals surface area contributed by atoms with E-state index >= 15 is 0 Å². The standard InChI is InChI=1S/C13H13N7O4S/c1-5-15-2-6(3-16-5)17-11(24)12-18-9-8(10(14)23)19-20(4-7(21)22)13(9)25-12/h2-3,9,13H,4H2,1H3,(H2,14,23)(H,17,24)(H,21,22). The average Bonchev–Trinajstić information content (AvgIpc) is 3.09. The molecule has 0 saturated carbocycles. The van der Waals surface area contributed by atoms with E-state index in [4.69, 9.17) is 10.8 Å². The molecule has 2 amide bonds. The number of carbonyl (C=O) groups excluding carboxylic acids is 2. The van der Waals surface area contributed by atoms with Gasteiger partial charge >= 0.3 is 5.97 Å². The molecule has 12 heteroatoms. The van der Waals surface area contributed by atoms with Gasteiger partial charge < -0.3 is 16.2 Å². The topological polar surface area (TPSA) is 163 Å². The van der Waals surface area contributed by atoms with Crippen LogP contribution in [0.3, 0.4) is 0 Å². The van der Waals surface area contributed by atoms with Gasteiger partial charge in [-0.15, -0.1) is 0 Å². The molecular weight excluding hydrogens is 350 g/mol. The average molecular weight is 363 g/mol. The number of aryl methyl sites for hydroxylation is 1. The molecule has 130 valence electrons. The Morgan fingerprint density at radius 2 is 2.04 bits per heavy atom. The molecule has 0 saturated heterocycles. The predicted molar refractivity (Wildman–Crippen MR) is 89.0 cm³/mol. The van der Waals surface area contributed by atoms with Crippen LogP contribution in [0.15, 0.2) is 22.5 Å². The number of carbonyl (C=O) groups is 3. The highest BCUT2D eigenvalue weighted by molar-refractivity contribution is 8.16. The summed E-state index contributed by atoms with van der Waals surface area (Å²) in [4.78, 5) is 46.9. The fraction of sp³-hybridized carbons (Fsp3) is 0.308. The van der Waals surface area contributed by atoms with Crippen LogP contribution in [0.5, 0.6) is 0 Å². The van der Waals surface area contributed by atoms with Gasteiger partial charge in [0.05, 0.1) is 18.1 Å². The van der Waals surface area contributed by atoms with Crippen LogP contribution in [0.2, 0.25) is 0 Å². The molecule has 11 nitrogen and oxygen atoms in total.